The Morgan fingerprint density at radius 3 is 2.16 bits per heavy atom. The van der Waals surface area contributed by atoms with Gasteiger partial charge in [-0.15, -0.1) is 0 Å². The first-order chi connectivity index (χ1) is 12.2. The van der Waals surface area contributed by atoms with Gasteiger partial charge < -0.3 is 10.0 Å². The molecule has 1 amide bonds. The summed E-state index contributed by atoms with van der Waals surface area (Å²) in [5.74, 6) is -1.63. The van der Waals surface area contributed by atoms with Gasteiger partial charge >= 0.3 is 5.97 Å². The van der Waals surface area contributed by atoms with E-state index in [1.54, 1.807) is 0 Å². The quantitative estimate of drug-likeness (QED) is 0.774. The SMILES string of the molecule is O=C(O)c1cccnc1C(=O)N(Cc1ccccc1)c1ccccc1. The van der Waals surface area contributed by atoms with Gasteiger partial charge in [0.1, 0.15) is 5.69 Å². The van der Waals surface area contributed by atoms with Gasteiger partial charge in [-0.1, -0.05) is 48.5 Å². The molecule has 0 bridgehead atoms. The van der Waals surface area contributed by atoms with Crippen LogP contribution in [-0.4, -0.2) is 22.0 Å². The highest BCUT2D eigenvalue weighted by Gasteiger charge is 2.24. The van der Waals surface area contributed by atoms with Crippen LogP contribution in [0.4, 0.5) is 5.69 Å². The van der Waals surface area contributed by atoms with Gasteiger partial charge in [0.25, 0.3) is 5.91 Å². The Hall–Kier alpha value is -3.47. The summed E-state index contributed by atoms with van der Waals surface area (Å²) >= 11 is 0. The summed E-state index contributed by atoms with van der Waals surface area (Å²) < 4.78 is 0. The minimum absolute atomic E-state index is 0.0743. The van der Waals surface area contributed by atoms with Gasteiger partial charge in [0.05, 0.1) is 12.1 Å². The van der Waals surface area contributed by atoms with E-state index in [0.717, 1.165) is 5.56 Å². The van der Waals surface area contributed by atoms with Crippen molar-refractivity contribution < 1.29 is 14.7 Å². The van der Waals surface area contributed by atoms with Gasteiger partial charge in [-0.3, -0.25) is 9.78 Å². The van der Waals surface area contributed by atoms with E-state index in [0.29, 0.717) is 12.2 Å². The molecular formula is C20H16N2O3. The Bertz CT molecular complexity index is 880. The molecule has 0 saturated carbocycles. The second-order valence-electron chi connectivity index (χ2n) is 5.42. The number of benzene rings is 2. The average Bonchev–Trinajstić information content (AvgIpc) is 2.67. The number of nitrogens with zero attached hydrogens (tertiary/aromatic N) is 2. The van der Waals surface area contributed by atoms with Crippen LogP contribution in [0.1, 0.15) is 26.4 Å². The van der Waals surface area contributed by atoms with E-state index in [1.165, 1.54) is 23.2 Å². The third-order valence-electron chi connectivity index (χ3n) is 3.74. The van der Waals surface area contributed by atoms with Gasteiger partial charge in [-0.25, -0.2) is 4.79 Å². The number of aromatic nitrogens is 1. The summed E-state index contributed by atoms with van der Waals surface area (Å²) in [4.78, 5) is 30.1. The van der Waals surface area contributed by atoms with E-state index >= 15 is 0 Å². The van der Waals surface area contributed by atoms with Crippen LogP contribution in [0.2, 0.25) is 0 Å². The lowest BCUT2D eigenvalue weighted by Gasteiger charge is -2.23. The number of carbonyl (C=O) groups excluding carboxylic acids is 1. The predicted molar refractivity (Wildman–Crippen MR) is 94.6 cm³/mol. The zero-order valence-electron chi connectivity index (χ0n) is 13.4. The van der Waals surface area contributed by atoms with Crippen LogP contribution >= 0.6 is 0 Å². The monoisotopic (exact) mass is 332 g/mol. The molecule has 124 valence electrons. The molecule has 2 aromatic carbocycles. The normalized spacial score (nSPS) is 10.2. The zero-order valence-corrected chi connectivity index (χ0v) is 13.4. The molecule has 25 heavy (non-hydrogen) atoms. The van der Waals surface area contributed by atoms with Crippen LogP contribution in [0.5, 0.6) is 0 Å². The first-order valence-corrected chi connectivity index (χ1v) is 7.76. The maximum absolute atomic E-state index is 13.1. The summed E-state index contributed by atoms with van der Waals surface area (Å²) in [5, 5.41) is 9.35. The highest BCUT2D eigenvalue weighted by Crippen LogP contribution is 2.20. The second-order valence-corrected chi connectivity index (χ2v) is 5.42. The first kappa shape index (κ1) is 16.4. The van der Waals surface area contributed by atoms with E-state index in [1.807, 2.05) is 60.7 Å². The van der Waals surface area contributed by atoms with Crippen LogP contribution in [0.25, 0.3) is 0 Å². The van der Waals surface area contributed by atoms with E-state index in [2.05, 4.69) is 4.98 Å². The van der Waals surface area contributed by atoms with Crippen molar-refractivity contribution in [3.8, 4) is 0 Å². The van der Waals surface area contributed by atoms with Crippen molar-refractivity contribution in [2.75, 3.05) is 4.90 Å². The van der Waals surface area contributed by atoms with E-state index in [9.17, 15) is 14.7 Å². The molecule has 5 nitrogen and oxygen atoms in total. The smallest absolute Gasteiger partial charge is 0.338 e. The number of hydrogen-bond acceptors (Lipinski definition) is 3. The molecule has 0 spiro atoms. The fourth-order valence-corrected chi connectivity index (χ4v) is 2.53. The maximum Gasteiger partial charge on any atom is 0.338 e. The van der Waals surface area contributed by atoms with Gasteiger partial charge in [0.2, 0.25) is 0 Å². The molecule has 0 aliphatic rings. The highest BCUT2D eigenvalue weighted by molar-refractivity contribution is 6.10. The van der Waals surface area contributed by atoms with Crippen molar-refractivity contribution in [1.29, 1.82) is 0 Å². The summed E-state index contributed by atoms with van der Waals surface area (Å²) in [6, 6.07) is 21.6. The number of carboxylic acid groups (broad SMARTS) is 1. The topological polar surface area (TPSA) is 70.5 Å². The average molecular weight is 332 g/mol. The number of para-hydroxylation sites is 1. The predicted octanol–water partition coefficient (Wildman–Crippen LogP) is 3.63. The molecule has 0 fully saturated rings. The molecule has 1 heterocycles. The summed E-state index contributed by atoms with van der Waals surface area (Å²) in [6.07, 6.45) is 1.42. The fourth-order valence-electron chi connectivity index (χ4n) is 2.53. The molecule has 0 radical (unpaired) electrons. The van der Waals surface area contributed by atoms with Crippen molar-refractivity contribution in [2.24, 2.45) is 0 Å². The van der Waals surface area contributed by atoms with Crippen LogP contribution in [0.3, 0.4) is 0 Å². The highest BCUT2D eigenvalue weighted by atomic mass is 16.4. The third-order valence-corrected chi connectivity index (χ3v) is 3.74. The third kappa shape index (κ3) is 3.72. The molecule has 0 saturated heterocycles. The number of carbonyl (C=O) groups is 2. The van der Waals surface area contributed by atoms with Crippen molar-refractivity contribution in [3.05, 3.63) is 95.8 Å². The molecule has 0 aliphatic carbocycles. The van der Waals surface area contributed by atoms with E-state index in [4.69, 9.17) is 0 Å². The zero-order chi connectivity index (χ0) is 17.6. The van der Waals surface area contributed by atoms with Crippen molar-refractivity contribution in [3.63, 3.8) is 0 Å². The van der Waals surface area contributed by atoms with Crippen LogP contribution in [0.15, 0.2) is 79.0 Å². The minimum Gasteiger partial charge on any atom is -0.478 e. The summed E-state index contributed by atoms with van der Waals surface area (Å²) in [5.41, 5.74) is 1.43. The standard InChI is InChI=1S/C20H16N2O3/c23-19(18-17(20(24)25)12-7-13-21-18)22(16-10-5-2-6-11-16)14-15-8-3-1-4-9-15/h1-13H,14H2,(H,24,25). The largest absolute Gasteiger partial charge is 0.478 e. The molecule has 0 unspecified atom stereocenters. The minimum atomic E-state index is -1.18. The number of hydrogen-bond donors (Lipinski definition) is 1. The van der Waals surface area contributed by atoms with Crippen molar-refractivity contribution in [2.45, 2.75) is 6.54 Å². The molecule has 1 N–H and O–H groups in total. The first-order valence-electron chi connectivity index (χ1n) is 7.76. The molecule has 3 rings (SSSR count). The Labute approximate surface area is 145 Å². The van der Waals surface area contributed by atoms with Crippen LogP contribution in [0, 0.1) is 0 Å². The molecule has 3 aromatic rings. The molecule has 0 atom stereocenters. The molecule has 5 heteroatoms. The Balaban J connectivity index is 2.03. The maximum atomic E-state index is 13.1. The lowest BCUT2D eigenvalue weighted by atomic mass is 10.1. The van der Waals surface area contributed by atoms with Crippen molar-refractivity contribution in [1.82, 2.24) is 4.98 Å². The van der Waals surface area contributed by atoms with Crippen molar-refractivity contribution >= 4 is 17.6 Å². The molecule has 0 aliphatic heterocycles. The fraction of sp³-hybridized carbons (Fsp3) is 0.0500. The number of amides is 1. The van der Waals surface area contributed by atoms with Gasteiger partial charge in [-0.2, -0.15) is 0 Å². The number of anilines is 1. The van der Waals surface area contributed by atoms with Gasteiger partial charge in [-0.05, 0) is 29.8 Å². The molecule has 1 aromatic heterocycles. The number of carboxylic acids is 1. The van der Waals surface area contributed by atoms with Crippen LogP contribution < -0.4 is 4.90 Å². The van der Waals surface area contributed by atoms with E-state index < -0.39 is 11.9 Å². The molecular weight excluding hydrogens is 316 g/mol. The van der Waals surface area contributed by atoms with Crippen LogP contribution in [-0.2, 0) is 6.54 Å². The van der Waals surface area contributed by atoms with Gasteiger partial charge in [0, 0.05) is 11.9 Å². The van der Waals surface area contributed by atoms with Gasteiger partial charge in [0.15, 0.2) is 0 Å². The lowest BCUT2D eigenvalue weighted by molar-refractivity contribution is 0.0691. The van der Waals surface area contributed by atoms with E-state index in [-0.39, 0.29) is 11.3 Å². The second kappa shape index (κ2) is 7.40. The number of pyridine rings is 1. The Morgan fingerprint density at radius 1 is 0.880 bits per heavy atom. The lowest BCUT2D eigenvalue weighted by Crippen LogP contribution is -2.32. The number of aromatic carboxylic acids is 1. The summed E-state index contributed by atoms with van der Waals surface area (Å²) in [7, 11) is 0. The Morgan fingerprint density at radius 2 is 1.52 bits per heavy atom. The number of rotatable bonds is 5. The Kier molecular flexibility index (Phi) is 4.85. The summed E-state index contributed by atoms with van der Waals surface area (Å²) in [6.45, 7) is 0.319.